The molecule has 0 unspecified atom stereocenters. The van der Waals surface area contributed by atoms with Gasteiger partial charge in [-0.25, -0.2) is 4.98 Å². The molecule has 302 valence electrons. The third kappa shape index (κ3) is 6.06. The number of aromatic hydroxyl groups is 2. The van der Waals surface area contributed by atoms with Crippen LogP contribution < -0.4 is 11.0 Å². The number of para-hydroxylation sites is 2. The molecular weight excluding hydrogens is 801 g/mol. The molecule has 0 fully saturated rings. The van der Waals surface area contributed by atoms with Crippen LogP contribution in [0.2, 0.25) is 0 Å². The predicted octanol–water partition coefficient (Wildman–Crippen LogP) is 11.7. The van der Waals surface area contributed by atoms with Crippen LogP contribution in [0.1, 0.15) is 21.5 Å². The number of hydrogen-bond donors (Lipinski definition) is 3. The summed E-state index contributed by atoms with van der Waals surface area (Å²) in [6.07, 6.45) is 0. The minimum absolute atomic E-state index is 0.101. The molecule has 0 radical (unpaired) electrons. The van der Waals surface area contributed by atoms with Crippen LogP contribution in [-0.4, -0.2) is 30.3 Å². The number of aromatic nitrogens is 2. The maximum atomic E-state index is 13.9. The summed E-state index contributed by atoms with van der Waals surface area (Å²) >= 11 is 0. The van der Waals surface area contributed by atoms with Gasteiger partial charge in [-0.05, 0) is 71.1 Å². The highest BCUT2D eigenvalue weighted by Crippen LogP contribution is 2.44. The highest BCUT2D eigenvalue weighted by atomic mass is 16.6. The summed E-state index contributed by atoms with van der Waals surface area (Å²) in [5, 5.41) is 55.1. The van der Waals surface area contributed by atoms with Crippen molar-refractivity contribution in [2.24, 2.45) is 20.5 Å². The minimum Gasteiger partial charge on any atom is -0.506 e. The Morgan fingerprint density at radius 3 is 2.13 bits per heavy atom. The molecule has 8 aromatic carbocycles. The molecular formula is C48H28N8O7. The van der Waals surface area contributed by atoms with Crippen molar-refractivity contribution >= 4 is 88.9 Å². The first-order valence-electron chi connectivity index (χ1n) is 19.6. The van der Waals surface area contributed by atoms with Gasteiger partial charge < -0.3 is 10.2 Å². The number of anilines is 1. The Morgan fingerprint density at radius 2 is 1.35 bits per heavy atom. The summed E-state index contributed by atoms with van der Waals surface area (Å²) in [4.78, 5) is 48.7. The number of phenolic OH excluding ortho intramolecular Hbond substituents is 2. The highest BCUT2D eigenvalue weighted by Gasteiger charge is 2.28. The zero-order chi connectivity index (χ0) is 42.9. The van der Waals surface area contributed by atoms with Gasteiger partial charge in [0.15, 0.2) is 5.78 Å². The first kappa shape index (κ1) is 37.1. The van der Waals surface area contributed by atoms with Gasteiger partial charge in [0.25, 0.3) is 11.2 Å². The van der Waals surface area contributed by atoms with Crippen LogP contribution in [0.3, 0.4) is 0 Å². The summed E-state index contributed by atoms with van der Waals surface area (Å²) < 4.78 is 1.56. The number of benzene rings is 8. The van der Waals surface area contributed by atoms with Gasteiger partial charge >= 0.3 is 0 Å². The third-order valence-corrected chi connectivity index (χ3v) is 11.2. The number of hydrogen-bond acceptors (Lipinski definition) is 13. The lowest BCUT2D eigenvalue weighted by Gasteiger charge is -2.12. The largest absolute Gasteiger partial charge is 0.506 e. The number of ketones is 1. The highest BCUT2D eigenvalue weighted by molar-refractivity contribution is 6.22. The molecule has 0 atom stereocenters. The Morgan fingerprint density at radius 1 is 0.667 bits per heavy atom. The number of carbonyl (C=O) groups is 1. The normalized spacial score (nSPS) is 12.5. The molecule has 0 saturated heterocycles. The molecule has 0 spiro atoms. The van der Waals surface area contributed by atoms with Gasteiger partial charge in [0, 0.05) is 50.4 Å². The Balaban J connectivity index is 0.871. The van der Waals surface area contributed by atoms with Crippen LogP contribution in [0.25, 0.3) is 60.1 Å². The number of phenols is 2. The van der Waals surface area contributed by atoms with Crippen LogP contribution in [0.4, 0.5) is 34.1 Å². The van der Waals surface area contributed by atoms with Crippen molar-refractivity contribution in [2.45, 2.75) is 6.61 Å². The predicted molar refractivity (Wildman–Crippen MR) is 238 cm³/mol. The standard InChI is InChI=1S/C48H28N8O7/c57-41-23-38-42-34(11-6-12-35(42)47-49-39-13-3-4-14-40(39)55(47)48(38)60)43(41)52-50-27-15-17-32-33-18-16-28(22-37(33)46(59)36(32)21-27)51-53-44-31-10-2-1-7-25(31)19-26(45(44)58)24-63-54-29-8-5-9-30(20-29)56(61)62/h1-23,54,57-58H,24H2. The molecule has 0 aliphatic heterocycles. The van der Waals surface area contributed by atoms with Gasteiger partial charge in [-0.3, -0.25) is 34.4 Å². The fraction of sp³-hybridized carbons (Fsp3) is 0.0208. The van der Waals surface area contributed by atoms with Gasteiger partial charge in [0.1, 0.15) is 35.1 Å². The maximum Gasteiger partial charge on any atom is 0.271 e. The Hall–Kier alpha value is -8.95. The number of non-ortho nitro benzene ring substituents is 1. The van der Waals surface area contributed by atoms with E-state index in [2.05, 4.69) is 25.9 Å². The third-order valence-electron chi connectivity index (χ3n) is 11.2. The van der Waals surface area contributed by atoms with E-state index in [9.17, 15) is 29.9 Å². The van der Waals surface area contributed by atoms with Gasteiger partial charge in [0.05, 0.1) is 38.4 Å². The quantitative estimate of drug-likeness (QED) is 0.0717. The molecule has 0 bridgehead atoms. The van der Waals surface area contributed by atoms with Crippen LogP contribution in [0.15, 0.2) is 165 Å². The lowest BCUT2D eigenvalue weighted by molar-refractivity contribution is -0.384. The lowest BCUT2D eigenvalue weighted by atomic mass is 10.0. The molecule has 0 amide bonds. The van der Waals surface area contributed by atoms with Crippen molar-refractivity contribution in [1.29, 1.82) is 0 Å². The average Bonchev–Trinajstić information content (AvgIpc) is 3.83. The SMILES string of the molecule is O=C1c2cc(N=Nc3c(O)c(CONc4cccc([N+](=O)[O-])c4)cc4ccccc34)ccc2-c2ccc(N=Nc3c(O)cc4c(=O)n5c6ccccc6nc5c5cccc3c45)cc21. The monoisotopic (exact) mass is 828 g/mol. The van der Waals surface area contributed by atoms with Crippen molar-refractivity contribution in [3.63, 3.8) is 0 Å². The van der Waals surface area contributed by atoms with E-state index in [4.69, 9.17) is 9.82 Å². The molecule has 15 heteroatoms. The number of pyridine rings is 1. The number of nitrogens with zero attached hydrogens (tertiary/aromatic N) is 7. The molecule has 3 N–H and O–H groups in total. The number of nitro groups is 1. The smallest absolute Gasteiger partial charge is 0.271 e. The maximum absolute atomic E-state index is 13.9. The Bertz CT molecular complexity index is 3730. The molecule has 10 aromatic rings. The van der Waals surface area contributed by atoms with Crippen LogP contribution >= 0.6 is 0 Å². The molecule has 2 heterocycles. The Kier molecular flexibility index (Phi) is 8.45. The van der Waals surface area contributed by atoms with Crippen molar-refractivity contribution in [3.8, 4) is 22.6 Å². The molecule has 63 heavy (non-hydrogen) atoms. The molecule has 1 aliphatic carbocycles. The van der Waals surface area contributed by atoms with Gasteiger partial charge in [-0.2, -0.15) is 10.2 Å². The van der Waals surface area contributed by atoms with Crippen molar-refractivity contribution in [1.82, 2.24) is 9.38 Å². The molecule has 11 rings (SSSR count). The second kappa shape index (κ2) is 14.4. The number of nitro benzene ring substituents is 1. The minimum atomic E-state index is -0.506. The molecule has 15 nitrogen and oxygen atoms in total. The first-order valence-corrected chi connectivity index (χ1v) is 19.6. The lowest BCUT2D eigenvalue weighted by Crippen LogP contribution is -2.13. The van der Waals surface area contributed by atoms with E-state index in [1.165, 1.54) is 24.3 Å². The summed E-state index contributed by atoms with van der Waals surface area (Å²) in [7, 11) is 0. The van der Waals surface area contributed by atoms with Crippen molar-refractivity contribution < 1.29 is 24.8 Å². The van der Waals surface area contributed by atoms with Crippen LogP contribution in [0, 0.1) is 10.1 Å². The van der Waals surface area contributed by atoms with Crippen LogP contribution in [-0.2, 0) is 11.4 Å². The number of imidazole rings is 1. The zero-order valence-corrected chi connectivity index (χ0v) is 32.6. The number of rotatable bonds is 9. The fourth-order valence-corrected chi connectivity index (χ4v) is 8.31. The topological polar surface area (TPSA) is 206 Å². The van der Waals surface area contributed by atoms with Crippen molar-refractivity contribution in [3.05, 3.63) is 177 Å². The van der Waals surface area contributed by atoms with E-state index in [-0.39, 0.29) is 46.5 Å². The van der Waals surface area contributed by atoms with E-state index in [0.717, 1.165) is 10.8 Å². The number of fused-ring (bicyclic) bond motifs is 8. The summed E-state index contributed by atoms with van der Waals surface area (Å²) in [5.74, 6) is -0.633. The second-order valence-electron chi connectivity index (χ2n) is 14.9. The number of nitrogens with one attached hydrogen (secondary N) is 1. The summed E-state index contributed by atoms with van der Waals surface area (Å²) in [6, 6.07) is 39.6. The number of carbonyl (C=O) groups excluding carboxylic acids is 1. The van der Waals surface area contributed by atoms with E-state index >= 15 is 0 Å². The van der Waals surface area contributed by atoms with E-state index in [0.29, 0.717) is 83.1 Å². The van der Waals surface area contributed by atoms with Gasteiger partial charge in [0.2, 0.25) is 0 Å². The average molecular weight is 829 g/mol. The van der Waals surface area contributed by atoms with E-state index in [1.807, 2.05) is 54.6 Å². The van der Waals surface area contributed by atoms with Crippen LogP contribution in [0.5, 0.6) is 11.5 Å². The molecule has 1 aliphatic rings. The van der Waals surface area contributed by atoms with Gasteiger partial charge in [-0.15, -0.1) is 10.2 Å². The fourth-order valence-electron chi connectivity index (χ4n) is 8.31. The zero-order valence-electron chi connectivity index (χ0n) is 32.6. The summed E-state index contributed by atoms with van der Waals surface area (Å²) in [6.45, 7) is -0.105. The van der Waals surface area contributed by atoms with E-state index in [1.54, 1.807) is 65.1 Å². The molecule has 2 aromatic heterocycles. The van der Waals surface area contributed by atoms with E-state index < -0.39 is 4.92 Å². The Labute approximate surface area is 354 Å². The number of azo groups is 2. The second-order valence-corrected chi connectivity index (χ2v) is 14.9. The summed E-state index contributed by atoms with van der Waals surface area (Å²) in [5.41, 5.74) is 8.25. The first-order chi connectivity index (χ1) is 30.7. The molecule has 0 saturated carbocycles. The van der Waals surface area contributed by atoms with Crippen molar-refractivity contribution in [2.75, 3.05) is 5.48 Å². The van der Waals surface area contributed by atoms with Gasteiger partial charge in [-0.1, -0.05) is 72.8 Å².